The first-order valence-corrected chi connectivity index (χ1v) is 10.6. The lowest BCUT2D eigenvalue weighted by atomic mass is 10.1. The standard InChI is InChI=1S/C23H31N5O/c1-17-3-6-22(26-16-17)28-12-8-20(9-13-28)27-23(24-2)25-11-7-18-4-5-21-19(15-18)10-14-29-21/h3-6,15-16,20H,7-14H2,1-2H3,(H2,24,25,27). The number of guanidine groups is 1. The van der Waals surface area contributed by atoms with E-state index in [4.69, 9.17) is 4.74 Å². The molecule has 29 heavy (non-hydrogen) atoms. The molecular weight excluding hydrogens is 362 g/mol. The van der Waals surface area contributed by atoms with Crippen LogP contribution >= 0.6 is 0 Å². The maximum atomic E-state index is 5.59. The number of piperidine rings is 1. The van der Waals surface area contributed by atoms with Gasteiger partial charge in [-0.05, 0) is 55.0 Å². The van der Waals surface area contributed by atoms with Crippen LogP contribution in [0.2, 0.25) is 0 Å². The van der Waals surface area contributed by atoms with Crippen LogP contribution in [0.1, 0.15) is 29.5 Å². The van der Waals surface area contributed by atoms with Crippen molar-refractivity contribution in [3.63, 3.8) is 0 Å². The molecule has 0 spiro atoms. The molecule has 0 atom stereocenters. The molecule has 1 aromatic carbocycles. The number of hydrogen-bond donors (Lipinski definition) is 2. The monoisotopic (exact) mass is 393 g/mol. The van der Waals surface area contributed by atoms with Crippen LogP contribution in [0.5, 0.6) is 5.75 Å². The van der Waals surface area contributed by atoms with Crippen LogP contribution in [0.4, 0.5) is 5.82 Å². The molecule has 0 saturated carbocycles. The van der Waals surface area contributed by atoms with Crippen molar-refractivity contribution >= 4 is 11.8 Å². The summed E-state index contributed by atoms with van der Waals surface area (Å²) in [5.74, 6) is 3.02. The second-order valence-corrected chi connectivity index (χ2v) is 7.89. The zero-order valence-corrected chi connectivity index (χ0v) is 17.4. The van der Waals surface area contributed by atoms with E-state index in [-0.39, 0.29) is 0 Å². The second-order valence-electron chi connectivity index (χ2n) is 7.89. The van der Waals surface area contributed by atoms with Crippen LogP contribution in [0, 0.1) is 6.92 Å². The summed E-state index contributed by atoms with van der Waals surface area (Å²) in [6.45, 7) is 5.78. The van der Waals surface area contributed by atoms with Gasteiger partial charge in [-0.1, -0.05) is 18.2 Å². The largest absolute Gasteiger partial charge is 0.493 e. The fourth-order valence-corrected chi connectivity index (χ4v) is 4.01. The van der Waals surface area contributed by atoms with Crippen LogP contribution < -0.4 is 20.3 Å². The second kappa shape index (κ2) is 9.16. The highest BCUT2D eigenvalue weighted by Gasteiger charge is 2.20. The Morgan fingerprint density at radius 1 is 1.24 bits per heavy atom. The Hall–Kier alpha value is -2.76. The van der Waals surface area contributed by atoms with Crippen molar-refractivity contribution in [3.05, 3.63) is 53.2 Å². The number of fused-ring (bicyclic) bond motifs is 1. The van der Waals surface area contributed by atoms with Gasteiger partial charge in [0.2, 0.25) is 0 Å². The van der Waals surface area contributed by atoms with Crippen molar-refractivity contribution in [1.29, 1.82) is 0 Å². The van der Waals surface area contributed by atoms with Crippen molar-refractivity contribution in [2.24, 2.45) is 4.99 Å². The van der Waals surface area contributed by atoms with Gasteiger partial charge in [0.25, 0.3) is 0 Å². The first-order chi connectivity index (χ1) is 14.2. The topological polar surface area (TPSA) is 61.8 Å². The average molecular weight is 394 g/mol. The molecule has 6 heteroatoms. The van der Waals surface area contributed by atoms with Gasteiger partial charge < -0.3 is 20.3 Å². The summed E-state index contributed by atoms with van der Waals surface area (Å²) in [4.78, 5) is 11.3. The number of hydrogen-bond acceptors (Lipinski definition) is 4. The summed E-state index contributed by atoms with van der Waals surface area (Å²) < 4.78 is 5.59. The minimum Gasteiger partial charge on any atom is -0.493 e. The number of benzene rings is 1. The van der Waals surface area contributed by atoms with Gasteiger partial charge in [0.05, 0.1) is 6.61 Å². The summed E-state index contributed by atoms with van der Waals surface area (Å²) >= 11 is 0. The normalized spacial score (nSPS) is 17.0. The van der Waals surface area contributed by atoms with Gasteiger partial charge in [-0.3, -0.25) is 4.99 Å². The molecule has 154 valence electrons. The summed E-state index contributed by atoms with van der Waals surface area (Å²) in [7, 11) is 1.84. The zero-order valence-electron chi connectivity index (χ0n) is 17.4. The molecule has 0 aliphatic carbocycles. The average Bonchev–Trinajstić information content (AvgIpc) is 3.22. The van der Waals surface area contributed by atoms with Crippen LogP contribution in [0.15, 0.2) is 41.5 Å². The molecule has 1 saturated heterocycles. The van der Waals surface area contributed by atoms with Gasteiger partial charge >= 0.3 is 0 Å². The first kappa shape index (κ1) is 19.6. The third-order valence-corrected chi connectivity index (χ3v) is 5.74. The van der Waals surface area contributed by atoms with Gasteiger partial charge in [0.1, 0.15) is 11.6 Å². The molecule has 1 fully saturated rings. The van der Waals surface area contributed by atoms with E-state index in [0.29, 0.717) is 6.04 Å². The molecule has 0 radical (unpaired) electrons. The predicted octanol–water partition coefficient (Wildman–Crippen LogP) is 2.70. The number of aryl methyl sites for hydroxylation is 1. The van der Waals surface area contributed by atoms with Crippen molar-refractivity contribution in [1.82, 2.24) is 15.6 Å². The minimum absolute atomic E-state index is 0.444. The van der Waals surface area contributed by atoms with Gasteiger partial charge in [-0.15, -0.1) is 0 Å². The van der Waals surface area contributed by atoms with Crippen molar-refractivity contribution < 1.29 is 4.74 Å². The molecule has 6 nitrogen and oxygen atoms in total. The Morgan fingerprint density at radius 2 is 2.10 bits per heavy atom. The smallest absolute Gasteiger partial charge is 0.191 e. The van der Waals surface area contributed by atoms with Gasteiger partial charge in [-0.25, -0.2) is 4.98 Å². The van der Waals surface area contributed by atoms with E-state index in [2.05, 4.69) is 62.8 Å². The summed E-state index contributed by atoms with van der Waals surface area (Å²) in [6, 6.07) is 11.2. The lowest BCUT2D eigenvalue weighted by Crippen LogP contribution is -2.49. The number of aliphatic imine (C=N–C) groups is 1. The van der Waals surface area contributed by atoms with Crippen molar-refractivity contribution in [2.75, 3.05) is 38.2 Å². The molecule has 0 bridgehead atoms. The van der Waals surface area contributed by atoms with Gasteiger partial charge in [-0.2, -0.15) is 0 Å². The molecule has 2 aliphatic heterocycles. The molecular formula is C23H31N5O. The van der Waals surface area contributed by atoms with E-state index in [1.807, 2.05) is 13.2 Å². The van der Waals surface area contributed by atoms with Crippen LogP contribution in [-0.2, 0) is 12.8 Å². The zero-order chi connectivity index (χ0) is 20.1. The number of aromatic nitrogens is 1. The Labute approximate surface area is 173 Å². The number of nitrogens with one attached hydrogen (secondary N) is 2. The van der Waals surface area contributed by atoms with Crippen LogP contribution in [-0.4, -0.2) is 50.3 Å². The molecule has 2 N–H and O–H groups in total. The molecule has 2 aliphatic rings. The lowest BCUT2D eigenvalue weighted by molar-refractivity contribution is 0.357. The third kappa shape index (κ3) is 5.00. The minimum atomic E-state index is 0.444. The molecule has 1 aromatic heterocycles. The third-order valence-electron chi connectivity index (χ3n) is 5.74. The molecule has 2 aromatic rings. The fraction of sp³-hybridized carbons (Fsp3) is 0.478. The maximum Gasteiger partial charge on any atom is 0.191 e. The Morgan fingerprint density at radius 3 is 2.86 bits per heavy atom. The summed E-state index contributed by atoms with van der Waals surface area (Å²) in [5, 5.41) is 7.05. The van der Waals surface area contributed by atoms with Crippen molar-refractivity contribution in [3.8, 4) is 5.75 Å². The van der Waals surface area contributed by atoms with Gasteiger partial charge in [0.15, 0.2) is 5.96 Å². The summed E-state index contributed by atoms with van der Waals surface area (Å²) in [6.07, 6.45) is 6.11. The van der Waals surface area contributed by atoms with E-state index >= 15 is 0 Å². The molecule has 0 unspecified atom stereocenters. The van der Waals surface area contributed by atoms with Crippen molar-refractivity contribution in [2.45, 2.75) is 38.6 Å². The van der Waals surface area contributed by atoms with E-state index in [1.165, 1.54) is 16.7 Å². The SMILES string of the molecule is CN=C(NCCc1ccc2c(c1)CCO2)NC1CCN(c2ccc(C)cn2)CC1. The first-order valence-electron chi connectivity index (χ1n) is 10.6. The Bertz CT molecular complexity index is 841. The Kier molecular flexibility index (Phi) is 6.17. The van der Waals surface area contributed by atoms with Gasteiger partial charge in [0, 0.05) is 45.3 Å². The highest BCUT2D eigenvalue weighted by Crippen LogP contribution is 2.25. The van der Waals surface area contributed by atoms with E-state index < -0.39 is 0 Å². The fourth-order valence-electron chi connectivity index (χ4n) is 4.01. The van der Waals surface area contributed by atoms with E-state index in [9.17, 15) is 0 Å². The lowest BCUT2D eigenvalue weighted by Gasteiger charge is -2.33. The number of pyridine rings is 1. The Balaban J connectivity index is 1.21. The van der Waals surface area contributed by atoms with E-state index in [0.717, 1.165) is 69.5 Å². The van der Waals surface area contributed by atoms with Crippen LogP contribution in [0.25, 0.3) is 0 Å². The number of rotatable bonds is 5. The van der Waals surface area contributed by atoms with Crippen LogP contribution in [0.3, 0.4) is 0 Å². The summed E-state index contributed by atoms with van der Waals surface area (Å²) in [5.41, 5.74) is 3.88. The molecule has 3 heterocycles. The molecule has 0 amide bonds. The molecule has 4 rings (SSSR count). The quantitative estimate of drug-likeness (QED) is 0.604. The number of ether oxygens (including phenoxy) is 1. The highest BCUT2D eigenvalue weighted by molar-refractivity contribution is 5.80. The predicted molar refractivity (Wildman–Crippen MR) is 118 cm³/mol. The number of nitrogens with zero attached hydrogens (tertiary/aromatic N) is 3. The number of anilines is 1. The highest BCUT2D eigenvalue weighted by atomic mass is 16.5. The van der Waals surface area contributed by atoms with E-state index in [1.54, 1.807) is 0 Å². The maximum absolute atomic E-state index is 5.59.